The van der Waals surface area contributed by atoms with Gasteiger partial charge in [-0.05, 0) is 99.2 Å². The summed E-state index contributed by atoms with van der Waals surface area (Å²) in [6, 6.07) is 0. The second-order valence-corrected chi connectivity index (χ2v) is 9.82. The van der Waals surface area contributed by atoms with Crippen molar-refractivity contribution in [3.05, 3.63) is 0 Å². The van der Waals surface area contributed by atoms with E-state index in [1.165, 1.54) is 64.2 Å². The summed E-state index contributed by atoms with van der Waals surface area (Å²) in [5, 5.41) is 0. The van der Waals surface area contributed by atoms with Crippen LogP contribution in [-0.4, -0.2) is 5.78 Å². The Morgan fingerprint density at radius 2 is 1.73 bits per heavy atom. The van der Waals surface area contributed by atoms with Crippen LogP contribution in [0.4, 0.5) is 0 Å². The van der Waals surface area contributed by atoms with Crippen molar-refractivity contribution in [2.45, 2.75) is 85.0 Å². The summed E-state index contributed by atoms with van der Waals surface area (Å²) in [5.74, 6) is 4.68. The summed E-state index contributed by atoms with van der Waals surface area (Å²) in [4.78, 5) is 11.9. The largest absolute Gasteiger partial charge is 0.300 e. The van der Waals surface area contributed by atoms with Gasteiger partial charge in [-0.1, -0.05) is 20.3 Å². The first-order valence-corrected chi connectivity index (χ1v) is 9.94. The van der Waals surface area contributed by atoms with Gasteiger partial charge in [0.2, 0.25) is 0 Å². The molecule has 0 unspecified atom stereocenters. The van der Waals surface area contributed by atoms with E-state index in [1.807, 2.05) is 6.92 Å². The highest BCUT2D eigenvalue weighted by Crippen LogP contribution is 2.66. The summed E-state index contributed by atoms with van der Waals surface area (Å²) in [6.07, 6.45) is 14.0. The fourth-order valence-electron chi connectivity index (χ4n) is 7.62. The van der Waals surface area contributed by atoms with Gasteiger partial charge >= 0.3 is 0 Å². The highest BCUT2D eigenvalue weighted by atomic mass is 16.1. The molecule has 124 valence electrons. The van der Waals surface area contributed by atoms with Crippen LogP contribution in [0.2, 0.25) is 0 Å². The molecule has 0 amide bonds. The van der Waals surface area contributed by atoms with E-state index in [1.54, 1.807) is 0 Å². The summed E-state index contributed by atoms with van der Waals surface area (Å²) < 4.78 is 0. The molecule has 0 aliphatic heterocycles. The number of ketones is 1. The van der Waals surface area contributed by atoms with Gasteiger partial charge in [-0.2, -0.15) is 0 Å². The number of carbonyl (C=O) groups is 1. The first-order valence-electron chi connectivity index (χ1n) is 9.94. The van der Waals surface area contributed by atoms with E-state index in [4.69, 9.17) is 0 Å². The van der Waals surface area contributed by atoms with Crippen molar-refractivity contribution >= 4 is 5.78 Å². The van der Waals surface area contributed by atoms with E-state index < -0.39 is 0 Å². The average Bonchev–Trinajstić information content (AvgIpc) is 2.88. The fourth-order valence-corrected chi connectivity index (χ4v) is 7.62. The maximum atomic E-state index is 11.9. The minimum Gasteiger partial charge on any atom is -0.300 e. The van der Waals surface area contributed by atoms with E-state index in [0.29, 0.717) is 22.5 Å². The highest BCUT2D eigenvalue weighted by molar-refractivity contribution is 5.78. The summed E-state index contributed by atoms with van der Waals surface area (Å²) in [7, 11) is 0. The van der Waals surface area contributed by atoms with Crippen LogP contribution in [0.5, 0.6) is 0 Å². The van der Waals surface area contributed by atoms with Crippen LogP contribution in [-0.2, 0) is 4.79 Å². The Morgan fingerprint density at radius 3 is 2.50 bits per heavy atom. The molecule has 4 saturated carbocycles. The van der Waals surface area contributed by atoms with Gasteiger partial charge in [0, 0.05) is 5.92 Å². The Hall–Kier alpha value is -0.330. The topological polar surface area (TPSA) is 17.1 Å². The van der Waals surface area contributed by atoms with Gasteiger partial charge in [-0.25, -0.2) is 0 Å². The lowest BCUT2D eigenvalue weighted by Crippen LogP contribution is -2.53. The molecule has 0 N–H and O–H groups in total. The molecule has 1 heteroatoms. The zero-order valence-corrected chi connectivity index (χ0v) is 14.9. The molecule has 4 aliphatic rings. The molecule has 4 rings (SSSR count). The summed E-state index contributed by atoms with van der Waals surface area (Å²) in [6.45, 7) is 7.04. The molecule has 0 aromatic carbocycles. The van der Waals surface area contributed by atoms with Crippen LogP contribution in [0.1, 0.15) is 85.0 Å². The quantitative estimate of drug-likeness (QED) is 0.614. The van der Waals surface area contributed by atoms with Crippen molar-refractivity contribution in [3.8, 4) is 0 Å². The second-order valence-electron chi connectivity index (χ2n) is 9.82. The van der Waals surface area contributed by atoms with Crippen molar-refractivity contribution in [2.75, 3.05) is 0 Å². The van der Waals surface area contributed by atoms with E-state index >= 15 is 0 Å². The molecule has 22 heavy (non-hydrogen) atoms. The minimum absolute atomic E-state index is 0.384. The minimum atomic E-state index is 0.384. The van der Waals surface area contributed by atoms with Gasteiger partial charge in [-0.15, -0.1) is 0 Å². The van der Waals surface area contributed by atoms with Crippen LogP contribution in [0, 0.1) is 40.4 Å². The first-order chi connectivity index (χ1) is 10.4. The van der Waals surface area contributed by atoms with Crippen molar-refractivity contribution in [3.63, 3.8) is 0 Å². The summed E-state index contributed by atoms with van der Waals surface area (Å²) >= 11 is 0. The lowest BCUT2D eigenvalue weighted by atomic mass is 9.44. The van der Waals surface area contributed by atoms with Gasteiger partial charge in [0.25, 0.3) is 0 Å². The average molecular weight is 303 g/mol. The molecular formula is C21H34O. The zero-order chi connectivity index (χ0) is 15.5. The Kier molecular flexibility index (Phi) is 3.51. The lowest BCUT2D eigenvalue weighted by molar-refractivity contribution is -0.133. The SMILES string of the molecule is CC(=O)[C@H]1CC[C@@]2(C)[C@H](CC[C@H]3[C@@H]4CCC[C@@]4(C)CC[C@@H]32)C1. The molecule has 0 heterocycles. The van der Waals surface area contributed by atoms with Gasteiger partial charge in [0.15, 0.2) is 0 Å². The zero-order valence-electron chi connectivity index (χ0n) is 14.9. The highest BCUT2D eigenvalue weighted by Gasteiger charge is 2.57. The summed E-state index contributed by atoms with van der Waals surface area (Å²) in [5.41, 5.74) is 1.24. The molecule has 0 radical (unpaired) electrons. The van der Waals surface area contributed by atoms with Crippen LogP contribution >= 0.6 is 0 Å². The van der Waals surface area contributed by atoms with Crippen molar-refractivity contribution in [1.82, 2.24) is 0 Å². The third-order valence-electron chi connectivity index (χ3n) is 9.02. The number of carbonyl (C=O) groups excluding carboxylic acids is 1. The maximum absolute atomic E-state index is 11.9. The predicted molar refractivity (Wildman–Crippen MR) is 90.5 cm³/mol. The molecule has 4 aliphatic carbocycles. The molecule has 0 bridgehead atoms. The van der Waals surface area contributed by atoms with E-state index in [0.717, 1.165) is 23.7 Å². The third kappa shape index (κ3) is 2.06. The smallest absolute Gasteiger partial charge is 0.132 e. The first kappa shape index (κ1) is 15.2. The standard InChI is InChI=1S/C21H34O/c1-14(22)15-8-12-21(3)16(13-15)6-7-17-18-5-4-10-20(18,2)11-9-19(17)21/h15-19H,4-13H2,1-3H3/t15-,16+,17-,18-,19-,20-,21-/m0/s1. The Morgan fingerprint density at radius 1 is 0.909 bits per heavy atom. The number of Topliss-reactive ketones (excluding diaryl/α,β-unsaturated/α-hetero) is 1. The van der Waals surface area contributed by atoms with Crippen LogP contribution < -0.4 is 0 Å². The molecule has 7 atom stereocenters. The van der Waals surface area contributed by atoms with E-state index in [-0.39, 0.29) is 0 Å². The molecule has 0 spiro atoms. The molecule has 1 nitrogen and oxygen atoms in total. The number of hydrogen-bond donors (Lipinski definition) is 0. The maximum Gasteiger partial charge on any atom is 0.132 e. The molecule has 0 aromatic heterocycles. The fraction of sp³-hybridized carbons (Fsp3) is 0.952. The molecule has 0 saturated heterocycles. The van der Waals surface area contributed by atoms with Crippen molar-refractivity contribution in [2.24, 2.45) is 40.4 Å². The number of rotatable bonds is 1. The number of fused-ring (bicyclic) bond motifs is 5. The predicted octanol–water partition coefficient (Wildman–Crippen LogP) is 5.62. The van der Waals surface area contributed by atoms with E-state index in [2.05, 4.69) is 13.8 Å². The van der Waals surface area contributed by atoms with Gasteiger partial charge in [-0.3, -0.25) is 4.79 Å². The van der Waals surface area contributed by atoms with Crippen molar-refractivity contribution < 1.29 is 4.79 Å². The Balaban J connectivity index is 1.58. The molecular weight excluding hydrogens is 268 g/mol. The van der Waals surface area contributed by atoms with Crippen LogP contribution in [0.3, 0.4) is 0 Å². The van der Waals surface area contributed by atoms with Gasteiger partial charge in [0.05, 0.1) is 0 Å². The van der Waals surface area contributed by atoms with Gasteiger partial charge in [0.1, 0.15) is 5.78 Å². The van der Waals surface area contributed by atoms with Crippen molar-refractivity contribution in [1.29, 1.82) is 0 Å². The molecule has 0 aromatic rings. The van der Waals surface area contributed by atoms with E-state index in [9.17, 15) is 4.79 Å². The monoisotopic (exact) mass is 302 g/mol. The Labute approximate surface area is 136 Å². The van der Waals surface area contributed by atoms with Crippen LogP contribution in [0.25, 0.3) is 0 Å². The third-order valence-corrected chi connectivity index (χ3v) is 9.02. The number of hydrogen-bond acceptors (Lipinski definition) is 1. The lowest BCUT2D eigenvalue weighted by Gasteiger charge is -2.60. The second kappa shape index (κ2) is 5.08. The Bertz CT molecular complexity index is 469. The van der Waals surface area contributed by atoms with Gasteiger partial charge < -0.3 is 0 Å². The normalized spacial score (nSPS) is 54.2. The van der Waals surface area contributed by atoms with Crippen LogP contribution in [0.15, 0.2) is 0 Å². The molecule has 4 fully saturated rings.